The summed E-state index contributed by atoms with van der Waals surface area (Å²) in [4.78, 5) is 0. The van der Waals surface area contributed by atoms with Gasteiger partial charge in [-0.15, -0.1) is 0 Å². The van der Waals surface area contributed by atoms with Crippen molar-refractivity contribution in [3.8, 4) is 5.75 Å². The van der Waals surface area contributed by atoms with Crippen molar-refractivity contribution in [1.82, 2.24) is 5.32 Å². The van der Waals surface area contributed by atoms with Crippen molar-refractivity contribution in [2.45, 2.75) is 12.7 Å². The Morgan fingerprint density at radius 2 is 2.06 bits per heavy atom. The molecule has 1 aromatic carbocycles. The number of halogens is 4. The number of hydrogen-bond donors (Lipinski definition) is 1. The van der Waals surface area contributed by atoms with Gasteiger partial charge in [-0.25, -0.2) is 0 Å². The van der Waals surface area contributed by atoms with Crippen LogP contribution in [0.2, 0.25) is 5.02 Å². The third-order valence-electron chi connectivity index (χ3n) is 1.89. The maximum Gasteiger partial charge on any atom is 0.401 e. The van der Waals surface area contributed by atoms with E-state index in [0.717, 1.165) is 0 Å². The molecule has 0 spiro atoms. The molecule has 16 heavy (non-hydrogen) atoms. The number of benzene rings is 1. The zero-order chi connectivity index (χ0) is 12.2. The second-order valence-corrected chi connectivity index (χ2v) is 3.61. The molecule has 0 radical (unpaired) electrons. The van der Waals surface area contributed by atoms with Gasteiger partial charge in [0.15, 0.2) is 0 Å². The molecule has 0 fully saturated rings. The Labute approximate surface area is 96.4 Å². The molecular formula is C10H11ClF3NO. The minimum Gasteiger partial charge on any atom is -0.496 e. The van der Waals surface area contributed by atoms with E-state index in [1.807, 2.05) is 0 Å². The Morgan fingerprint density at radius 1 is 1.38 bits per heavy atom. The largest absolute Gasteiger partial charge is 0.496 e. The normalized spacial score (nSPS) is 11.6. The van der Waals surface area contributed by atoms with Crippen LogP contribution in [0.15, 0.2) is 18.2 Å². The monoisotopic (exact) mass is 253 g/mol. The number of ether oxygens (including phenoxy) is 1. The van der Waals surface area contributed by atoms with Crippen LogP contribution < -0.4 is 10.1 Å². The van der Waals surface area contributed by atoms with E-state index < -0.39 is 12.7 Å². The van der Waals surface area contributed by atoms with Gasteiger partial charge in [-0.2, -0.15) is 13.2 Å². The number of methoxy groups -OCH3 is 1. The van der Waals surface area contributed by atoms with Crippen LogP contribution in [-0.2, 0) is 6.54 Å². The third kappa shape index (κ3) is 4.28. The van der Waals surface area contributed by atoms with Gasteiger partial charge in [0.25, 0.3) is 0 Å². The van der Waals surface area contributed by atoms with Gasteiger partial charge in [0.2, 0.25) is 0 Å². The second kappa shape index (κ2) is 5.41. The smallest absolute Gasteiger partial charge is 0.401 e. The quantitative estimate of drug-likeness (QED) is 0.891. The van der Waals surface area contributed by atoms with Crippen LogP contribution >= 0.6 is 11.6 Å². The molecule has 0 saturated carbocycles. The van der Waals surface area contributed by atoms with E-state index in [1.165, 1.54) is 7.11 Å². The lowest BCUT2D eigenvalue weighted by atomic mass is 10.2. The molecule has 0 unspecified atom stereocenters. The molecule has 0 bridgehead atoms. The van der Waals surface area contributed by atoms with E-state index in [2.05, 4.69) is 5.32 Å². The minimum absolute atomic E-state index is 0.0832. The first-order chi connectivity index (χ1) is 7.42. The molecule has 0 heterocycles. The van der Waals surface area contributed by atoms with E-state index in [9.17, 15) is 13.2 Å². The van der Waals surface area contributed by atoms with Gasteiger partial charge in [0.05, 0.1) is 13.7 Å². The Hall–Kier alpha value is -0.940. The maximum atomic E-state index is 11.9. The summed E-state index contributed by atoms with van der Waals surface area (Å²) in [5.74, 6) is 0.474. The maximum absolute atomic E-state index is 11.9. The molecular weight excluding hydrogens is 243 g/mol. The molecule has 0 aliphatic heterocycles. The van der Waals surface area contributed by atoms with Gasteiger partial charge in [0.1, 0.15) is 5.75 Å². The second-order valence-electron chi connectivity index (χ2n) is 3.17. The predicted molar refractivity (Wildman–Crippen MR) is 55.8 cm³/mol. The summed E-state index contributed by atoms with van der Waals surface area (Å²) in [6.07, 6.45) is -4.21. The van der Waals surface area contributed by atoms with E-state index in [0.29, 0.717) is 16.3 Å². The minimum atomic E-state index is -4.21. The predicted octanol–water partition coefficient (Wildman–Crippen LogP) is 3.00. The van der Waals surface area contributed by atoms with Crippen LogP contribution in [0.3, 0.4) is 0 Å². The fourth-order valence-corrected chi connectivity index (χ4v) is 1.37. The highest BCUT2D eigenvalue weighted by Crippen LogP contribution is 2.23. The summed E-state index contributed by atoms with van der Waals surface area (Å²) < 4.78 is 40.7. The molecule has 0 aliphatic carbocycles. The standard InChI is InChI=1S/C10H11ClF3NO/c1-16-9-4-8(11)3-2-7(9)5-15-6-10(12,13)14/h2-4,15H,5-6H2,1H3. The topological polar surface area (TPSA) is 21.3 Å². The molecule has 0 amide bonds. The van der Waals surface area contributed by atoms with Gasteiger partial charge >= 0.3 is 6.18 Å². The van der Waals surface area contributed by atoms with Gasteiger partial charge in [-0.1, -0.05) is 17.7 Å². The molecule has 0 saturated heterocycles. The molecule has 6 heteroatoms. The first kappa shape index (κ1) is 13.1. The summed E-state index contributed by atoms with van der Waals surface area (Å²) in [5.41, 5.74) is 0.635. The van der Waals surface area contributed by atoms with Crippen LogP contribution in [0, 0.1) is 0 Å². The molecule has 90 valence electrons. The Bertz CT molecular complexity index is 354. The van der Waals surface area contributed by atoms with Crippen molar-refractivity contribution in [3.05, 3.63) is 28.8 Å². The van der Waals surface area contributed by atoms with E-state index in [4.69, 9.17) is 16.3 Å². The lowest BCUT2D eigenvalue weighted by molar-refractivity contribution is -0.125. The van der Waals surface area contributed by atoms with Gasteiger partial charge < -0.3 is 10.1 Å². The van der Waals surface area contributed by atoms with Crippen molar-refractivity contribution >= 4 is 11.6 Å². The van der Waals surface area contributed by atoms with Crippen LogP contribution in [0.4, 0.5) is 13.2 Å². The highest BCUT2D eigenvalue weighted by atomic mass is 35.5. The molecule has 0 atom stereocenters. The third-order valence-corrected chi connectivity index (χ3v) is 2.13. The summed E-state index contributed by atoms with van der Waals surface area (Å²) in [7, 11) is 1.44. The fourth-order valence-electron chi connectivity index (χ4n) is 1.20. The van der Waals surface area contributed by atoms with E-state index >= 15 is 0 Å². The summed E-state index contributed by atoms with van der Waals surface area (Å²) in [6.45, 7) is -0.946. The Balaban J connectivity index is 2.60. The molecule has 1 rings (SSSR count). The fraction of sp³-hybridized carbons (Fsp3) is 0.400. The van der Waals surface area contributed by atoms with Crippen LogP contribution in [-0.4, -0.2) is 19.8 Å². The number of alkyl halides is 3. The summed E-state index contributed by atoms with van der Waals surface area (Å²) in [6, 6.07) is 4.80. The Kier molecular flexibility index (Phi) is 4.44. The van der Waals surface area contributed by atoms with E-state index in [1.54, 1.807) is 18.2 Å². The van der Waals surface area contributed by atoms with Crippen LogP contribution in [0.5, 0.6) is 5.75 Å². The highest BCUT2D eigenvalue weighted by Gasteiger charge is 2.26. The SMILES string of the molecule is COc1cc(Cl)ccc1CNCC(F)(F)F. The number of hydrogen-bond acceptors (Lipinski definition) is 2. The van der Waals surface area contributed by atoms with Crippen molar-refractivity contribution in [3.63, 3.8) is 0 Å². The number of nitrogens with one attached hydrogen (secondary N) is 1. The zero-order valence-electron chi connectivity index (χ0n) is 8.57. The number of rotatable bonds is 4. The first-order valence-corrected chi connectivity index (χ1v) is 4.90. The lowest BCUT2D eigenvalue weighted by Crippen LogP contribution is -2.28. The zero-order valence-corrected chi connectivity index (χ0v) is 9.32. The molecule has 0 aliphatic rings. The molecule has 2 nitrogen and oxygen atoms in total. The van der Waals surface area contributed by atoms with Crippen LogP contribution in [0.25, 0.3) is 0 Å². The molecule has 1 N–H and O–H groups in total. The first-order valence-electron chi connectivity index (χ1n) is 4.52. The van der Waals surface area contributed by atoms with Crippen molar-refractivity contribution in [2.75, 3.05) is 13.7 Å². The average molecular weight is 254 g/mol. The van der Waals surface area contributed by atoms with Crippen molar-refractivity contribution < 1.29 is 17.9 Å². The molecule has 0 aromatic heterocycles. The van der Waals surface area contributed by atoms with Crippen molar-refractivity contribution in [1.29, 1.82) is 0 Å². The lowest BCUT2D eigenvalue weighted by Gasteiger charge is -2.11. The van der Waals surface area contributed by atoms with Crippen LogP contribution in [0.1, 0.15) is 5.56 Å². The van der Waals surface area contributed by atoms with Crippen molar-refractivity contribution in [2.24, 2.45) is 0 Å². The average Bonchev–Trinajstić information content (AvgIpc) is 2.18. The summed E-state index contributed by atoms with van der Waals surface area (Å²) in [5, 5.41) is 2.77. The van der Waals surface area contributed by atoms with Gasteiger partial charge in [-0.05, 0) is 12.1 Å². The Morgan fingerprint density at radius 3 is 2.62 bits per heavy atom. The van der Waals surface area contributed by atoms with E-state index in [-0.39, 0.29) is 6.54 Å². The van der Waals surface area contributed by atoms with Gasteiger partial charge in [0, 0.05) is 17.1 Å². The summed E-state index contributed by atoms with van der Waals surface area (Å²) >= 11 is 5.72. The van der Waals surface area contributed by atoms with Gasteiger partial charge in [-0.3, -0.25) is 0 Å². The molecule has 1 aromatic rings. The highest BCUT2D eigenvalue weighted by molar-refractivity contribution is 6.30.